The van der Waals surface area contributed by atoms with Gasteiger partial charge in [0.2, 0.25) is 11.8 Å². The molecule has 0 atom stereocenters. The van der Waals surface area contributed by atoms with Crippen molar-refractivity contribution >= 4 is 17.5 Å². The number of hydrogen-bond donors (Lipinski definition) is 1. The molecule has 9 nitrogen and oxygen atoms in total. The lowest BCUT2D eigenvalue weighted by atomic mass is 10.2. The lowest BCUT2D eigenvalue weighted by Crippen LogP contribution is -2.49. The lowest BCUT2D eigenvalue weighted by Gasteiger charge is -2.36. The van der Waals surface area contributed by atoms with Crippen LogP contribution >= 0.6 is 0 Å². The van der Waals surface area contributed by atoms with Gasteiger partial charge < -0.3 is 15.1 Å². The maximum atomic E-state index is 13.1. The maximum absolute atomic E-state index is 13.1. The fourth-order valence-electron chi connectivity index (χ4n) is 4.25. The SMILES string of the molecule is O=C(Cn1nc2n(c1=O)CCCCC2)NCCC(=O)N1CCN(c2ccc(F)cc2)CC1. The summed E-state index contributed by atoms with van der Waals surface area (Å²) in [6.07, 6.45) is 4.00. The summed E-state index contributed by atoms with van der Waals surface area (Å²) in [5.41, 5.74) is 0.699. The fourth-order valence-corrected chi connectivity index (χ4v) is 4.25. The van der Waals surface area contributed by atoms with Crippen LogP contribution in [0.5, 0.6) is 0 Å². The number of aromatic nitrogens is 3. The molecule has 0 aliphatic carbocycles. The number of halogens is 1. The van der Waals surface area contributed by atoms with E-state index in [1.165, 1.54) is 16.8 Å². The van der Waals surface area contributed by atoms with E-state index in [4.69, 9.17) is 0 Å². The molecule has 10 heteroatoms. The van der Waals surface area contributed by atoms with Crippen molar-refractivity contribution in [1.29, 1.82) is 0 Å². The summed E-state index contributed by atoms with van der Waals surface area (Å²) < 4.78 is 16.0. The molecule has 2 aliphatic heterocycles. The molecule has 1 aromatic heterocycles. The van der Waals surface area contributed by atoms with Crippen LogP contribution in [-0.2, 0) is 29.1 Å². The van der Waals surface area contributed by atoms with Gasteiger partial charge in [-0.1, -0.05) is 6.42 Å². The first-order chi connectivity index (χ1) is 15.5. The highest BCUT2D eigenvalue weighted by molar-refractivity contribution is 5.79. The number of hydrogen-bond acceptors (Lipinski definition) is 5. The predicted molar refractivity (Wildman–Crippen MR) is 117 cm³/mol. The molecule has 2 aromatic rings. The molecular formula is C22H29FN6O3. The van der Waals surface area contributed by atoms with Gasteiger partial charge in [0.15, 0.2) is 0 Å². The third-order valence-corrected chi connectivity index (χ3v) is 6.06. The minimum Gasteiger partial charge on any atom is -0.368 e. The van der Waals surface area contributed by atoms with E-state index in [2.05, 4.69) is 15.3 Å². The number of carbonyl (C=O) groups excluding carboxylic acids is 2. The highest BCUT2D eigenvalue weighted by Gasteiger charge is 2.22. The van der Waals surface area contributed by atoms with E-state index in [1.807, 2.05) is 0 Å². The lowest BCUT2D eigenvalue weighted by molar-refractivity contribution is -0.131. The minimum absolute atomic E-state index is 0.0186. The number of piperazine rings is 1. The van der Waals surface area contributed by atoms with Gasteiger partial charge in [-0.15, -0.1) is 0 Å². The van der Waals surface area contributed by atoms with Crippen LogP contribution in [-0.4, -0.2) is 63.8 Å². The highest BCUT2D eigenvalue weighted by atomic mass is 19.1. The van der Waals surface area contributed by atoms with Crippen molar-refractivity contribution in [3.8, 4) is 0 Å². The smallest absolute Gasteiger partial charge is 0.346 e. The van der Waals surface area contributed by atoms with Crippen LogP contribution in [0.1, 0.15) is 31.5 Å². The van der Waals surface area contributed by atoms with Gasteiger partial charge in [0.25, 0.3) is 0 Å². The van der Waals surface area contributed by atoms with Crippen LogP contribution in [0.4, 0.5) is 10.1 Å². The summed E-state index contributed by atoms with van der Waals surface area (Å²) in [5, 5.41) is 7.03. The Labute approximate surface area is 185 Å². The van der Waals surface area contributed by atoms with Crippen molar-refractivity contribution in [1.82, 2.24) is 24.6 Å². The van der Waals surface area contributed by atoms with E-state index < -0.39 is 0 Å². The van der Waals surface area contributed by atoms with Gasteiger partial charge in [-0.3, -0.25) is 14.2 Å². The minimum atomic E-state index is -0.325. The van der Waals surface area contributed by atoms with Crippen LogP contribution in [0.25, 0.3) is 0 Å². The summed E-state index contributed by atoms with van der Waals surface area (Å²) in [6, 6.07) is 6.35. The van der Waals surface area contributed by atoms with Crippen LogP contribution < -0.4 is 15.9 Å². The highest BCUT2D eigenvalue weighted by Crippen LogP contribution is 2.17. The van der Waals surface area contributed by atoms with Crippen molar-refractivity contribution < 1.29 is 14.0 Å². The van der Waals surface area contributed by atoms with E-state index in [9.17, 15) is 18.8 Å². The Bertz CT molecular complexity index is 1010. The Balaban J connectivity index is 1.19. The number of nitrogens with one attached hydrogen (secondary N) is 1. The Morgan fingerprint density at radius 3 is 2.50 bits per heavy atom. The normalized spacial score (nSPS) is 16.4. The Morgan fingerprint density at radius 1 is 1.00 bits per heavy atom. The average molecular weight is 445 g/mol. The number of benzene rings is 1. The Kier molecular flexibility index (Phi) is 6.87. The van der Waals surface area contributed by atoms with Gasteiger partial charge in [-0.2, -0.15) is 5.10 Å². The van der Waals surface area contributed by atoms with E-state index in [1.54, 1.807) is 21.6 Å². The third kappa shape index (κ3) is 5.17. The summed E-state index contributed by atoms with van der Waals surface area (Å²) in [5.74, 6) is 0.136. The first kappa shape index (κ1) is 22.0. The number of fused-ring (bicyclic) bond motifs is 1. The Morgan fingerprint density at radius 2 is 1.75 bits per heavy atom. The molecule has 1 saturated heterocycles. The largest absolute Gasteiger partial charge is 0.368 e. The molecule has 4 rings (SSSR count). The number of carbonyl (C=O) groups is 2. The molecule has 1 N–H and O–H groups in total. The van der Waals surface area contributed by atoms with Crippen LogP contribution in [0.15, 0.2) is 29.1 Å². The molecule has 32 heavy (non-hydrogen) atoms. The standard InChI is InChI=1S/C22H29FN6O3/c23-17-5-7-18(8-6-17)26-12-14-27(15-13-26)21(31)9-10-24-20(30)16-29-22(32)28-11-3-1-2-4-19(28)25-29/h5-8H,1-4,9-16H2,(H,24,30). The zero-order valence-electron chi connectivity index (χ0n) is 18.1. The van der Waals surface area contributed by atoms with Crippen molar-refractivity contribution in [3.05, 3.63) is 46.4 Å². The van der Waals surface area contributed by atoms with E-state index in [0.29, 0.717) is 32.7 Å². The van der Waals surface area contributed by atoms with Gasteiger partial charge in [0, 0.05) is 57.8 Å². The van der Waals surface area contributed by atoms with Crippen molar-refractivity contribution in [3.63, 3.8) is 0 Å². The number of amides is 2. The number of aryl methyl sites for hydroxylation is 1. The molecule has 1 fully saturated rings. The van der Waals surface area contributed by atoms with Crippen molar-refractivity contribution in [2.45, 2.75) is 45.2 Å². The molecule has 2 aliphatic rings. The first-order valence-electron chi connectivity index (χ1n) is 11.2. The average Bonchev–Trinajstić information content (AvgIpc) is 2.94. The zero-order chi connectivity index (χ0) is 22.5. The summed E-state index contributed by atoms with van der Waals surface area (Å²) >= 11 is 0. The predicted octanol–water partition coefficient (Wildman–Crippen LogP) is 0.765. The molecule has 172 valence electrons. The van der Waals surface area contributed by atoms with Crippen LogP contribution in [0.3, 0.4) is 0 Å². The van der Waals surface area contributed by atoms with Gasteiger partial charge in [0.1, 0.15) is 18.2 Å². The molecule has 0 radical (unpaired) electrons. The molecule has 0 saturated carbocycles. The van der Waals surface area contributed by atoms with E-state index in [-0.39, 0.29) is 42.8 Å². The molecule has 0 bridgehead atoms. The number of anilines is 1. The molecule has 0 spiro atoms. The first-order valence-corrected chi connectivity index (χ1v) is 11.2. The summed E-state index contributed by atoms with van der Waals surface area (Å²) in [4.78, 5) is 41.1. The van der Waals surface area contributed by atoms with Crippen LogP contribution in [0, 0.1) is 5.82 Å². The number of nitrogens with zero attached hydrogens (tertiary/aromatic N) is 5. The van der Waals surface area contributed by atoms with E-state index in [0.717, 1.165) is 37.2 Å². The topological polar surface area (TPSA) is 92.5 Å². The van der Waals surface area contributed by atoms with Crippen molar-refractivity contribution in [2.24, 2.45) is 0 Å². The van der Waals surface area contributed by atoms with Crippen molar-refractivity contribution in [2.75, 3.05) is 37.6 Å². The molecule has 1 aromatic carbocycles. The van der Waals surface area contributed by atoms with Gasteiger partial charge >= 0.3 is 5.69 Å². The fraction of sp³-hybridized carbons (Fsp3) is 0.545. The van der Waals surface area contributed by atoms with Crippen LogP contribution in [0.2, 0.25) is 0 Å². The quantitative estimate of drug-likeness (QED) is 0.711. The Hall–Kier alpha value is -3.17. The van der Waals surface area contributed by atoms with Gasteiger partial charge in [-0.05, 0) is 37.1 Å². The molecule has 3 heterocycles. The second-order valence-corrected chi connectivity index (χ2v) is 8.26. The molecular weight excluding hydrogens is 415 g/mol. The molecule has 0 unspecified atom stereocenters. The second kappa shape index (κ2) is 9.97. The monoisotopic (exact) mass is 444 g/mol. The zero-order valence-corrected chi connectivity index (χ0v) is 18.1. The second-order valence-electron chi connectivity index (χ2n) is 8.26. The van der Waals surface area contributed by atoms with Gasteiger partial charge in [-0.25, -0.2) is 13.9 Å². The summed E-state index contributed by atoms with van der Waals surface area (Å²) in [6.45, 7) is 3.26. The van der Waals surface area contributed by atoms with E-state index >= 15 is 0 Å². The maximum Gasteiger partial charge on any atom is 0.346 e. The third-order valence-electron chi connectivity index (χ3n) is 6.06. The molecule has 2 amide bonds. The summed E-state index contributed by atoms with van der Waals surface area (Å²) in [7, 11) is 0. The number of rotatable bonds is 6. The van der Waals surface area contributed by atoms with Gasteiger partial charge in [0.05, 0.1) is 0 Å².